The molecule has 0 radical (unpaired) electrons. The van der Waals surface area contributed by atoms with Crippen molar-refractivity contribution in [2.24, 2.45) is 0 Å². The molecule has 0 aromatic heterocycles. The molecule has 4 nitrogen and oxygen atoms in total. The lowest BCUT2D eigenvalue weighted by Gasteiger charge is -2.12. The van der Waals surface area contributed by atoms with Gasteiger partial charge in [-0.2, -0.15) is 0 Å². The van der Waals surface area contributed by atoms with E-state index in [1.807, 2.05) is 45.1 Å². The zero-order chi connectivity index (χ0) is 17.4. The fourth-order valence-corrected chi connectivity index (χ4v) is 2.20. The van der Waals surface area contributed by atoms with Crippen molar-refractivity contribution in [3.05, 3.63) is 52.1 Å². The molecule has 0 saturated heterocycles. The molecule has 0 aliphatic heterocycles. The lowest BCUT2D eigenvalue weighted by Crippen LogP contribution is -2.00. The van der Waals surface area contributed by atoms with Gasteiger partial charge in [0.1, 0.15) is 5.75 Å². The molecule has 0 spiro atoms. The number of carbonyl (C=O) groups is 1. The largest absolute Gasteiger partial charge is 0.507 e. The molecule has 1 rings (SSSR count). The lowest BCUT2D eigenvalue weighted by molar-refractivity contribution is -0.136. The molecule has 23 heavy (non-hydrogen) atoms. The normalized spacial score (nSPS) is 11.4. The van der Waals surface area contributed by atoms with Crippen LogP contribution in [0, 0.1) is 0 Å². The van der Waals surface area contributed by atoms with Crippen LogP contribution in [0.5, 0.6) is 5.75 Å². The Bertz CT molecular complexity index is 608. The van der Waals surface area contributed by atoms with Crippen LogP contribution in [-0.2, 0) is 24.1 Å². The number of phenols is 1. The monoisotopic (exact) mass is 318 g/mol. The van der Waals surface area contributed by atoms with Crippen LogP contribution in [0.1, 0.15) is 43.9 Å². The minimum absolute atomic E-state index is 0.00983. The van der Waals surface area contributed by atoms with Gasteiger partial charge >= 0.3 is 5.97 Å². The van der Waals surface area contributed by atoms with Crippen molar-refractivity contribution < 1.29 is 20.1 Å². The van der Waals surface area contributed by atoms with Crippen molar-refractivity contribution in [2.45, 2.75) is 46.5 Å². The molecule has 3 N–H and O–H groups in total. The molecule has 0 bridgehead atoms. The first kappa shape index (κ1) is 19.0. The number of aliphatic carboxylic acids is 1. The highest BCUT2D eigenvalue weighted by Gasteiger charge is 2.10. The summed E-state index contributed by atoms with van der Waals surface area (Å²) in [5.41, 5.74) is 4.48. The van der Waals surface area contributed by atoms with Crippen molar-refractivity contribution in [3.63, 3.8) is 0 Å². The number of aliphatic hydroxyl groups is 1. The van der Waals surface area contributed by atoms with Crippen LogP contribution in [0.4, 0.5) is 0 Å². The van der Waals surface area contributed by atoms with E-state index < -0.39 is 5.97 Å². The summed E-state index contributed by atoms with van der Waals surface area (Å²) in [7, 11) is 0. The maximum atomic E-state index is 10.8. The number of carboxylic acid groups (broad SMARTS) is 1. The molecule has 0 heterocycles. The number of aliphatic hydroxyl groups excluding tert-OH is 1. The number of allylic oxidation sites excluding steroid dienone is 3. The number of phenolic OH excluding ortho intramolecular Hbond substituents is 1. The van der Waals surface area contributed by atoms with Crippen molar-refractivity contribution >= 4 is 5.97 Å². The summed E-state index contributed by atoms with van der Waals surface area (Å²) in [6.45, 7) is 5.82. The number of hydrogen-bond acceptors (Lipinski definition) is 3. The minimum atomic E-state index is -0.832. The van der Waals surface area contributed by atoms with Gasteiger partial charge in [0, 0.05) is 6.42 Å². The van der Waals surface area contributed by atoms with E-state index in [1.165, 1.54) is 0 Å². The van der Waals surface area contributed by atoms with E-state index in [2.05, 4.69) is 0 Å². The van der Waals surface area contributed by atoms with E-state index in [1.54, 1.807) is 0 Å². The molecule has 1 aromatic carbocycles. The molecule has 0 fully saturated rings. The van der Waals surface area contributed by atoms with Crippen molar-refractivity contribution in [1.82, 2.24) is 0 Å². The Morgan fingerprint density at radius 1 is 1.09 bits per heavy atom. The molecule has 0 unspecified atom stereocenters. The lowest BCUT2D eigenvalue weighted by atomic mass is 9.96. The summed E-state index contributed by atoms with van der Waals surface area (Å²) in [6.07, 6.45) is 5.55. The average Bonchev–Trinajstić information content (AvgIpc) is 2.50. The number of benzene rings is 1. The van der Waals surface area contributed by atoms with Crippen LogP contribution in [0.25, 0.3) is 0 Å². The molecule has 0 saturated carbocycles. The molecule has 0 aliphatic carbocycles. The third-order valence-electron chi connectivity index (χ3n) is 3.61. The van der Waals surface area contributed by atoms with E-state index in [0.29, 0.717) is 19.3 Å². The number of hydrogen-bond donors (Lipinski definition) is 3. The Hall–Kier alpha value is -2.07. The SMILES string of the molecule is CC(C)=CCc1cc(CCC(=O)O)cc(C/C=C(\C)CO)c1O. The maximum Gasteiger partial charge on any atom is 0.303 e. The van der Waals surface area contributed by atoms with E-state index in [9.17, 15) is 9.90 Å². The smallest absolute Gasteiger partial charge is 0.303 e. The van der Waals surface area contributed by atoms with Crippen LogP contribution in [-0.4, -0.2) is 27.9 Å². The van der Waals surface area contributed by atoms with Crippen LogP contribution >= 0.6 is 0 Å². The van der Waals surface area contributed by atoms with E-state index in [4.69, 9.17) is 10.2 Å². The van der Waals surface area contributed by atoms with E-state index in [-0.39, 0.29) is 18.8 Å². The van der Waals surface area contributed by atoms with Gasteiger partial charge in [0.05, 0.1) is 6.61 Å². The molecule has 0 amide bonds. The second-order valence-corrected chi connectivity index (χ2v) is 6.05. The second-order valence-electron chi connectivity index (χ2n) is 6.05. The summed E-state index contributed by atoms with van der Waals surface area (Å²) < 4.78 is 0. The topological polar surface area (TPSA) is 77.8 Å². The van der Waals surface area contributed by atoms with Crippen molar-refractivity contribution in [2.75, 3.05) is 6.61 Å². The van der Waals surface area contributed by atoms with Gasteiger partial charge in [0.2, 0.25) is 0 Å². The van der Waals surface area contributed by atoms with Crippen LogP contribution in [0.3, 0.4) is 0 Å². The Morgan fingerprint density at radius 2 is 1.65 bits per heavy atom. The first-order valence-electron chi connectivity index (χ1n) is 7.78. The van der Waals surface area contributed by atoms with Gasteiger partial charge in [-0.15, -0.1) is 0 Å². The van der Waals surface area contributed by atoms with Gasteiger partial charge in [-0.3, -0.25) is 4.79 Å². The zero-order valence-corrected chi connectivity index (χ0v) is 14.1. The predicted octanol–water partition coefficient (Wildman–Crippen LogP) is 3.40. The standard InChI is InChI=1S/C19H26O4/c1-13(2)4-7-16-10-15(6-9-18(21)22)11-17(19(16)23)8-5-14(3)12-20/h4-5,10-11,20,23H,6-9,12H2,1-3H3,(H,21,22)/b14-5+. The van der Waals surface area contributed by atoms with E-state index in [0.717, 1.165) is 27.8 Å². The Morgan fingerprint density at radius 3 is 2.13 bits per heavy atom. The van der Waals surface area contributed by atoms with Crippen molar-refractivity contribution in [1.29, 1.82) is 0 Å². The van der Waals surface area contributed by atoms with Gasteiger partial charge < -0.3 is 15.3 Å². The highest BCUT2D eigenvalue weighted by atomic mass is 16.4. The second kappa shape index (κ2) is 9.16. The van der Waals surface area contributed by atoms with Gasteiger partial charge in [-0.05, 0) is 56.7 Å². The molecule has 4 heteroatoms. The Kier molecular flexibility index (Phi) is 7.55. The number of aromatic hydroxyl groups is 1. The molecule has 0 aliphatic rings. The third kappa shape index (κ3) is 6.70. The fourth-order valence-electron chi connectivity index (χ4n) is 2.20. The van der Waals surface area contributed by atoms with Gasteiger partial charge in [0.15, 0.2) is 0 Å². The Balaban J connectivity index is 3.14. The van der Waals surface area contributed by atoms with Crippen molar-refractivity contribution in [3.8, 4) is 5.75 Å². The van der Waals surface area contributed by atoms with Gasteiger partial charge in [-0.1, -0.05) is 35.4 Å². The fraction of sp³-hybridized carbons (Fsp3) is 0.421. The highest BCUT2D eigenvalue weighted by Crippen LogP contribution is 2.27. The number of aryl methyl sites for hydroxylation is 1. The summed E-state index contributed by atoms with van der Waals surface area (Å²) in [5, 5.41) is 28.4. The van der Waals surface area contributed by atoms with Crippen LogP contribution < -0.4 is 0 Å². The summed E-state index contributed by atoms with van der Waals surface area (Å²) >= 11 is 0. The summed E-state index contributed by atoms with van der Waals surface area (Å²) in [6, 6.07) is 3.73. The number of carboxylic acids is 1. The molecule has 126 valence electrons. The zero-order valence-electron chi connectivity index (χ0n) is 14.1. The first-order valence-corrected chi connectivity index (χ1v) is 7.78. The highest BCUT2D eigenvalue weighted by molar-refractivity contribution is 5.67. The van der Waals surface area contributed by atoms with Crippen LogP contribution in [0.2, 0.25) is 0 Å². The first-order chi connectivity index (χ1) is 10.8. The molecule has 1 aromatic rings. The molecular weight excluding hydrogens is 292 g/mol. The Labute approximate surface area is 137 Å². The average molecular weight is 318 g/mol. The van der Waals surface area contributed by atoms with Crippen LogP contribution in [0.15, 0.2) is 35.4 Å². The minimum Gasteiger partial charge on any atom is -0.507 e. The van der Waals surface area contributed by atoms with Gasteiger partial charge in [0.25, 0.3) is 0 Å². The van der Waals surface area contributed by atoms with Gasteiger partial charge in [-0.25, -0.2) is 0 Å². The molecule has 0 atom stereocenters. The quantitative estimate of drug-likeness (QED) is 0.642. The third-order valence-corrected chi connectivity index (χ3v) is 3.61. The summed E-state index contributed by atoms with van der Waals surface area (Å²) in [4.78, 5) is 10.8. The maximum absolute atomic E-state index is 10.8. The van der Waals surface area contributed by atoms with E-state index >= 15 is 0 Å². The number of rotatable bonds is 8. The predicted molar refractivity (Wildman–Crippen MR) is 91.7 cm³/mol. The summed E-state index contributed by atoms with van der Waals surface area (Å²) in [5.74, 6) is -0.579. The molecular formula is C19H26O4.